The molecule has 14 heavy (non-hydrogen) atoms. The largest absolute Gasteiger partial charge is 0.297 e. The minimum absolute atomic E-state index is 0.842. The van der Waals surface area contributed by atoms with E-state index in [0.29, 0.717) is 0 Å². The van der Waals surface area contributed by atoms with Crippen LogP contribution in [-0.4, -0.2) is 14.4 Å². The van der Waals surface area contributed by atoms with E-state index in [9.17, 15) is 0 Å². The van der Waals surface area contributed by atoms with Crippen molar-refractivity contribution in [1.29, 1.82) is 0 Å². The van der Waals surface area contributed by atoms with E-state index >= 15 is 0 Å². The molecule has 3 rings (SSSR count). The fraction of sp³-hybridized carbons (Fsp3) is 0. The molecule has 3 aromatic heterocycles. The number of nitrogens with zero attached hydrogens (tertiary/aromatic N) is 3. The van der Waals surface area contributed by atoms with Gasteiger partial charge in [-0.3, -0.25) is 9.38 Å². The van der Waals surface area contributed by atoms with Gasteiger partial charge in [0.25, 0.3) is 0 Å². The molecule has 0 bridgehead atoms. The molecule has 0 unspecified atom stereocenters. The van der Waals surface area contributed by atoms with Crippen molar-refractivity contribution in [1.82, 2.24) is 14.4 Å². The van der Waals surface area contributed by atoms with Crippen LogP contribution in [0.4, 0.5) is 0 Å². The molecule has 0 aliphatic heterocycles. The summed E-state index contributed by atoms with van der Waals surface area (Å²) in [6.45, 7) is 0. The zero-order valence-corrected chi connectivity index (χ0v) is 8.77. The van der Waals surface area contributed by atoms with Gasteiger partial charge in [0, 0.05) is 12.4 Å². The van der Waals surface area contributed by atoms with Crippen LogP contribution < -0.4 is 0 Å². The summed E-state index contributed by atoms with van der Waals surface area (Å²) < 4.78 is 2.86. The second kappa shape index (κ2) is 2.78. The lowest BCUT2D eigenvalue weighted by Gasteiger charge is -1.98. The molecule has 0 atom stereocenters. The lowest BCUT2D eigenvalue weighted by atomic mass is 10.3. The molecule has 0 aromatic carbocycles. The summed E-state index contributed by atoms with van der Waals surface area (Å²) in [6.07, 6.45) is 3.74. The van der Waals surface area contributed by atoms with Gasteiger partial charge < -0.3 is 0 Å². The summed E-state index contributed by atoms with van der Waals surface area (Å²) in [5.41, 5.74) is 2.98. The molecule has 3 nitrogen and oxygen atoms in total. The SMILES string of the molecule is Brc1cn2c(ccc3ncccc32)n1. The van der Waals surface area contributed by atoms with Crippen LogP contribution in [0.3, 0.4) is 0 Å². The fourth-order valence-electron chi connectivity index (χ4n) is 1.57. The monoisotopic (exact) mass is 247 g/mol. The summed E-state index contributed by atoms with van der Waals surface area (Å²) in [4.78, 5) is 8.59. The molecular weight excluding hydrogens is 242 g/mol. The number of aromatic nitrogens is 3. The summed E-state index contributed by atoms with van der Waals surface area (Å²) >= 11 is 3.36. The van der Waals surface area contributed by atoms with Crippen LogP contribution in [0.15, 0.2) is 41.3 Å². The Morgan fingerprint density at radius 2 is 2.14 bits per heavy atom. The molecule has 4 heteroatoms. The highest BCUT2D eigenvalue weighted by atomic mass is 79.9. The lowest BCUT2D eigenvalue weighted by molar-refractivity contribution is 1.23. The first-order valence-corrected chi connectivity index (χ1v) is 5.02. The highest BCUT2D eigenvalue weighted by Gasteiger charge is 2.02. The normalized spacial score (nSPS) is 11.2. The van der Waals surface area contributed by atoms with Crippen molar-refractivity contribution in [2.24, 2.45) is 0 Å². The Kier molecular flexibility index (Phi) is 1.58. The number of halogens is 1. The Morgan fingerprint density at radius 1 is 1.21 bits per heavy atom. The smallest absolute Gasteiger partial charge is 0.138 e. The zero-order chi connectivity index (χ0) is 9.54. The van der Waals surface area contributed by atoms with Gasteiger partial charge in [-0.2, -0.15) is 0 Å². The number of hydrogen-bond donors (Lipinski definition) is 0. The minimum Gasteiger partial charge on any atom is -0.297 e. The molecule has 0 aliphatic carbocycles. The first-order chi connectivity index (χ1) is 6.84. The second-order valence-electron chi connectivity index (χ2n) is 3.03. The topological polar surface area (TPSA) is 30.2 Å². The van der Waals surface area contributed by atoms with Gasteiger partial charge in [0.1, 0.15) is 10.3 Å². The second-order valence-corrected chi connectivity index (χ2v) is 3.85. The van der Waals surface area contributed by atoms with Crippen LogP contribution in [0.2, 0.25) is 0 Å². The van der Waals surface area contributed by atoms with Gasteiger partial charge in [-0.15, -0.1) is 0 Å². The standard InChI is InChI=1S/C10H6BrN3/c11-9-6-14-8-2-1-5-12-7(8)3-4-10(14)13-9/h1-6H. The highest BCUT2D eigenvalue weighted by molar-refractivity contribution is 9.10. The van der Waals surface area contributed by atoms with Crippen molar-refractivity contribution >= 4 is 32.6 Å². The molecule has 68 valence electrons. The fourth-order valence-corrected chi connectivity index (χ4v) is 1.96. The van der Waals surface area contributed by atoms with Gasteiger partial charge in [0.2, 0.25) is 0 Å². The van der Waals surface area contributed by atoms with Crippen molar-refractivity contribution < 1.29 is 0 Å². The van der Waals surface area contributed by atoms with Gasteiger partial charge >= 0.3 is 0 Å². The molecule has 0 amide bonds. The summed E-state index contributed by atoms with van der Waals surface area (Å²) in [5.74, 6) is 0. The van der Waals surface area contributed by atoms with E-state index in [2.05, 4.69) is 25.9 Å². The summed E-state index contributed by atoms with van der Waals surface area (Å²) in [5, 5.41) is 0. The van der Waals surface area contributed by atoms with E-state index in [1.807, 2.05) is 34.9 Å². The number of pyridine rings is 2. The number of fused-ring (bicyclic) bond motifs is 3. The van der Waals surface area contributed by atoms with Crippen LogP contribution in [0.5, 0.6) is 0 Å². The predicted molar refractivity (Wildman–Crippen MR) is 58.2 cm³/mol. The van der Waals surface area contributed by atoms with E-state index in [1.54, 1.807) is 6.20 Å². The van der Waals surface area contributed by atoms with Crippen molar-refractivity contribution in [2.45, 2.75) is 0 Å². The summed E-state index contributed by atoms with van der Waals surface area (Å²) in [6, 6.07) is 7.89. The lowest BCUT2D eigenvalue weighted by Crippen LogP contribution is -1.87. The van der Waals surface area contributed by atoms with Gasteiger partial charge in [-0.1, -0.05) is 0 Å². The van der Waals surface area contributed by atoms with Crippen LogP contribution in [0.25, 0.3) is 16.7 Å². The first kappa shape index (κ1) is 7.94. The molecule has 3 aromatic rings. The average molecular weight is 248 g/mol. The first-order valence-electron chi connectivity index (χ1n) is 4.23. The van der Waals surface area contributed by atoms with E-state index < -0.39 is 0 Å². The molecule has 0 spiro atoms. The van der Waals surface area contributed by atoms with Crippen molar-refractivity contribution in [2.75, 3.05) is 0 Å². The van der Waals surface area contributed by atoms with Gasteiger partial charge in [-0.05, 0) is 40.2 Å². The van der Waals surface area contributed by atoms with Crippen molar-refractivity contribution in [3.63, 3.8) is 0 Å². The number of hydrogen-bond acceptors (Lipinski definition) is 2. The highest BCUT2D eigenvalue weighted by Crippen LogP contribution is 2.17. The third-order valence-electron chi connectivity index (χ3n) is 2.17. The van der Waals surface area contributed by atoms with Crippen LogP contribution in [0, 0.1) is 0 Å². The maximum absolute atomic E-state index is 4.32. The average Bonchev–Trinajstić information content (AvgIpc) is 2.59. The van der Waals surface area contributed by atoms with Crippen LogP contribution in [0.1, 0.15) is 0 Å². The Hall–Kier alpha value is -1.42. The van der Waals surface area contributed by atoms with Crippen LogP contribution in [-0.2, 0) is 0 Å². The van der Waals surface area contributed by atoms with E-state index in [4.69, 9.17) is 0 Å². The van der Waals surface area contributed by atoms with Crippen molar-refractivity contribution in [3.05, 3.63) is 41.3 Å². The molecule has 3 heterocycles. The minimum atomic E-state index is 0.842. The van der Waals surface area contributed by atoms with E-state index in [1.165, 1.54) is 0 Å². The number of imidazole rings is 1. The third kappa shape index (κ3) is 1.04. The Balaban J connectivity index is 2.60. The van der Waals surface area contributed by atoms with Gasteiger partial charge in [0.15, 0.2) is 0 Å². The molecule has 0 saturated heterocycles. The van der Waals surface area contributed by atoms with Gasteiger partial charge in [0.05, 0.1) is 11.0 Å². The van der Waals surface area contributed by atoms with Crippen molar-refractivity contribution in [3.8, 4) is 0 Å². The molecule has 0 N–H and O–H groups in total. The molecule has 0 saturated carbocycles. The predicted octanol–water partition coefficient (Wildman–Crippen LogP) is 2.65. The molecule has 0 radical (unpaired) electrons. The van der Waals surface area contributed by atoms with Crippen LogP contribution >= 0.6 is 15.9 Å². The molecule has 0 aliphatic rings. The van der Waals surface area contributed by atoms with E-state index in [0.717, 1.165) is 21.3 Å². The maximum Gasteiger partial charge on any atom is 0.138 e. The maximum atomic E-state index is 4.32. The Labute approximate surface area is 88.5 Å². The quantitative estimate of drug-likeness (QED) is 0.612. The molecule has 0 fully saturated rings. The number of rotatable bonds is 0. The Bertz CT molecular complexity index is 615. The molecular formula is C10H6BrN3. The summed E-state index contributed by atoms with van der Waals surface area (Å²) in [7, 11) is 0. The zero-order valence-electron chi connectivity index (χ0n) is 7.18. The van der Waals surface area contributed by atoms with Gasteiger partial charge in [-0.25, -0.2) is 4.98 Å². The Morgan fingerprint density at radius 3 is 3.07 bits per heavy atom. The van der Waals surface area contributed by atoms with E-state index in [-0.39, 0.29) is 0 Å². The third-order valence-corrected chi connectivity index (χ3v) is 2.55.